The molecule has 138 valence electrons. The molecular weight excluding hydrogens is 352 g/mol. The van der Waals surface area contributed by atoms with Gasteiger partial charge in [0.2, 0.25) is 11.8 Å². The summed E-state index contributed by atoms with van der Waals surface area (Å²) in [5.41, 5.74) is 3.80. The molecule has 3 aromatic carbocycles. The molecule has 0 unspecified atom stereocenters. The molecular formula is C23H18N2O3. The van der Waals surface area contributed by atoms with Crippen molar-refractivity contribution in [2.24, 2.45) is 0 Å². The molecule has 0 aliphatic carbocycles. The fraction of sp³-hybridized carbons (Fsp3) is 0.0435. The minimum atomic E-state index is -0.210. The number of nitrogens with zero attached hydrogens (tertiary/aromatic N) is 1. The van der Waals surface area contributed by atoms with Gasteiger partial charge in [0.15, 0.2) is 5.58 Å². The first-order valence-corrected chi connectivity index (χ1v) is 8.80. The molecule has 28 heavy (non-hydrogen) atoms. The van der Waals surface area contributed by atoms with E-state index >= 15 is 0 Å². The molecule has 0 radical (unpaired) electrons. The van der Waals surface area contributed by atoms with Crippen LogP contribution in [0.25, 0.3) is 28.6 Å². The molecule has 0 spiro atoms. The zero-order valence-electron chi connectivity index (χ0n) is 15.3. The fourth-order valence-corrected chi connectivity index (χ4v) is 2.78. The molecule has 1 heterocycles. The molecule has 0 saturated carbocycles. The first kappa shape index (κ1) is 17.5. The maximum Gasteiger partial charge on any atom is 0.248 e. The molecule has 1 amide bonds. The number of aromatic nitrogens is 1. The van der Waals surface area contributed by atoms with Gasteiger partial charge in [-0.3, -0.25) is 4.79 Å². The summed E-state index contributed by atoms with van der Waals surface area (Å²) < 4.78 is 11.0. The maximum absolute atomic E-state index is 12.2. The van der Waals surface area contributed by atoms with Crippen LogP contribution in [0.15, 0.2) is 83.3 Å². The summed E-state index contributed by atoms with van der Waals surface area (Å²) in [6.07, 6.45) is 3.27. The van der Waals surface area contributed by atoms with Gasteiger partial charge in [0.05, 0.1) is 7.11 Å². The number of hydrogen-bond acceptors (Lipinski definition) is 4. The first-order chi connectivity index (χ1) is 13.7. The number of methoxy groups -OCH3 is 1. The average molecular weight is 370 g/mol. The van der Waals surface area contributed by atoms with E-state index in [2.05, 4.69) is 10.3 Å². The Labute approximate surface area is 162 Å². The highest BCUT2D eigenvalue weighted by Crippen LogP contribution is 2.27. The van der Waals surface area contributed by atoms with Crippen LogP contribution in [0.3, 0.4) is 0 Å². The molecule has 0 aliphatic rings. The number of carbonyl (C=O) groups excluding carboxylic acids is 1. The number of benzene rings is 3. The van der Waals surface area contributed by atoms with Crippen LogP contribution in [0.5, 0.6) is 5.75 Å². The van der Waals surface area contributed by atoms with Gasteiger partial charge in [0, 0.05) is 23.4 Å². The zero-order valence-corrected chi connectivity index (χ0v) is 15.3. The summed E-state index contributed by atoms with van der Waals surface area (Å²) in [6, 6.07) is 22.5. The van der Waals surface area contributed by atoms with Crippen molar-refractivity contribution >= 4 is 28.8 Å². The van der Waals surface area contributed by atoms with Crippen molar-refractivity contribution in [3.63, 3.8) is 0 Å². The Balaban J connectivity index is 1.51. The third kappa shape index (κ3) is 3.94. The summed E-state index contributed by atoms with van der Waals surface area (Å²) in [5.74, 6) is 1.08. The molecule has 1 aromatic heterocycles. The van der Waals surface area contributed by atoms with Crippen molar-refractivity contribution < 1.29 is 13.9 Å². The Kier molecular flexibility index (Phi) is 4.89. The smallest absolute Gasteiger partial charge is 0.248 e. The summed E-state index contributed by atoms with van der Waals surface area (Å²) in [6.45, 7) is 0. The number of hydrogen-bond donors (Lipinski definition) is 1. The van der Waals surface area contributed by atoms with Gasteiger partial charge >= 0.3 is 0 Å². The minimum absolute atomic E-state index is 0.210. The molecule has 0 fully saturated rings. The Bertz CT molecular complexity index is 1130. The predicted octanol–water partition coefficient (Wildman–Crippen LogP) is 5.16. The molecule has 0 aliphatic heterocycles. The average Bonchev–Trinajstić information content (AvgIpc) is 3.16. The van der Waals surface area contributed by atoms with E-state index in [9.17, 15) is 4.79 Å². The molecule has 0 saturated heterocycles. The topological polar surface area (TPSA) is 64.4 Å². The highest BCUT2D eigenvalue weighted by molar-refractivity contribution is 6.02. The van der Waals surface area contributed by atoms with Gasteiger partial charge in [-0.25, -0.2) is 4.98 Å². The van der Waals surface area contributed by atoms with Crippen molar-refractivity contribution in [3.8, 4) is 17.2 Å². The number of carbonyl (C=O) groups is 1. The number of amides is 1. The zero-order chi connectivity index (χ0) is 19.3. The summed E-state index contributed by atoms with van der Waals surface area (Å²) in [7, 11) is 1.62. The van der Waals surface area contributed by atoms with Crippen LogP contribution in [0, 0.1) is 0 Å². The number of oxazole rings is 1. The van der Waals surface area contributed by atoms with E-state index in [1.54, 1.807) is 25.3 Å². The van der Waals surface area contributed by atoms with Gasteiger partial charge in [-0.15, -0.1) is 0 Å². The fourth-order valence-electron chi connectivity index (χ4n) is 2.78. The third-order valence-electron chi connectivity index (χ3n) is 4.22. The Hall–Kier alpha value is -3.86. The molecule has 5 heteroatoms. The summed E-state index contributed by atoms with van der Waals surface area (Å²) >= 11 is 0. The normalized spacial score (nSPS) is 11.0. The summed E-state index contributed by atoms with van der Waals surface area (Å²) in [5, 5.41) is 2.84. The number of nitrogens with one attached hydrogen (secondary N) is 1. The van der Waals surface area contributed by atoms with Crippen LogP contribution in [-0.2, 0) is 4.79 Å². The van der Waals surface area contributed by atoms with Crippen molar-refractivity contribution in [2.45, 2.75) is 0 Å². The number of rotatable bonds is 5. The minimum Gasteiger partial charge on any atom is -0.497 e. The van der Waals surface area contributed by atoms with Gasteiger partial charge in [-0.2, -0.15) is 0 Å². The van der Waals surface area contributed by atoms with Crippen LogP contribution in [0.1, 0.15) is 5.56 Å². The van der Waals surface area contributed by atoms with E-state index in [1.165, 1.54) is 6.08 Å². The second-order valence-corrected chi connectivity index (χ2v) is 6.16. The predicted molar refractivity (Wildman–Crippen MR) is 110 cm³/mol. The lowest BCUT2D eigenvalue weighted by Gasteiger charge is -2.01. The van der Waals surface area contributed by atoms with E-state index in [-0.39, 0.29) is 5.91 Å². The van der Waals surface area contributed by atoms with E-state index in [0.717, 1.165) is 22.4 Å². The lowest BCUT2D eigenvalue weighted by atomic mass is 10.2. The molecule has 0 atom stereocenters. The van der Waals surface area contributed by atoms with Gasteiger partial charge in [0.25, 0.3) is 0 Å². The van der Waals surface area contributed by atoms with Crippen molar-refractivity contribution in [1.29, 1.82) is 0 Å². The van der Waals surface area contributed by atoms with Crippen LogP contribution in [-0.4, -0.2) is 18.0 Å². The standard InChI is InChI=1S/C23H18N2O3/c1-27-19-11-8-17(9-12-19)23-25-20-13-10-18(15-21(20)28-23)24-22(26)14-7-16-5-3-2-4-6-16/h2-15H,1H3,(H,24,26)/b14-7+. The lowest BCUT2D eigenvalue weighted by molar-refractivity contribution is -0.111. The molecule has 5 nitrogen and oxygen atoms in total. The SMILES string of the molecule is COc1ccc(-c2nc3ccc(NC(=O)/C=C/c4ccccc4)cc3o2)cc1. The van der Waals surface area contributed by atoms with Crippen molar-refractivity contribution in [1.82, 2.24) is 4.98 Å². The first-order valence-electron chi connectivity index (χ1n) is 8.80. The van der Waals surface area contributed by atoms with Crippen molar-refractivity contribution in [2.75, 3.05) is 12.4 Å². The van der Waals surface area contributed by atoms with Gasteiger partial charge in [0.1, 0.15) is 11.3 Å². The van der Waals surface area contributed by atoms with Crippen LogP contribution >= 0.6 is 0 Å². The molecule has 4 rings (SSSR count). The Morgan fingerprint density at radius 2 is 1.82 bits per heavy atom. The monoisotopic (exact) mass is 370 g/mol. The highest BCUT2D eigenvalue weighted by atomic mass is 16.5. The number of ether oxygens (including phenoxy) is 1. The lowest BCUT2D eigenvalue weighted by Crippen LogP contribution is -2.07. The second kappa shape index (κ2) is 7.80. The number of fused-ring (bicyclic) bond motifs is 1. The van der Waals surface area contributed by atoms with Gasteiger partial charge in [-0.05, 0) is 48.0 Å². The quantitative estimate of drug-likeness (QED) is 0.493. The van der Waals surface area contributed by atoms with E-state index in [0.29, 0.717) is 17.2 Å². The van der Waals surface area contributed by atoms with Gasteiger partial charge in [-0.1, -0.05) is 30.3 Å². The van der Waals surface area contributed by atoms with E-state index in [4.69, 9.17) is 9.15 Å². The second-order valence-electron chi connectivity index (χ2n) is 6.16. The Morgan fingerprint density at radius 3 is 2.57 bits per heavy atom. The molecule has 1 N–H and O–H groups in total. The third-order valence-corrected chi connectivity index (χ3v) is 4.22. The van der Waals surface area contributed by atoms with Crippen LogP contribution in [0.4, 0.5) is 5.69 Å². The summed E-state index contributed by atoms with van der Waals surface area (Å²) in [4.78, 5) is 16.7. The van der Waals surface area contributed by atoms with Crippen LogP contribution in [0.2, 0.25) is 0 Å². The van der Waals surface area contributed by atoms with E-state index < -0.39 is 0 Å². The van der Waals surface area contributed by atoms with Crippen molar-refractivity contribution in [3.05, 3.63) is 84.4 Å². The largest absolute Gasteiger partial charge is 0.497 e. The Morgan fingerprint density at radius 1 is 1.04 bits per heavy atom. The number of anilines is 1. The molecule has 4 aromatic rings. The maximum atomic E-state index is 12.2. The van der Waals surface area contributed by atoms with Crippen LogP contribution < -0.4 is 10.1 Å². The highest BCUT2D eigenvalue weighted by Gasteiger charge is 2.09. The van der Waals surface area contributed by atoms with E-state index in [1.807, 2.05) is 60.7 Å². The van der Waals surface area contributed by atoms with Gasteiger partial charge < -0.3 is 14.5 Å². The molecule has 0 bridgehead atoms.